The average Bonchev–Trinajstić information content (AvgIpc) is 2.73. The van der Waals surface area contributed by atoms with Crippen molar-refractivity contribution in [1.29, 1.82) is 0 Å². The first-order valence-corrected chi connectivity index (χ1v) is 11.5. The maximum absolute atomic E-state index is 12.6. The molecule has 1 aliphatic heterocycles. The van der Waals surface area contributed by atoms with Crippen LogP contribution in [-0.2, 0) is 21.4 Å². The van der Waals surface area contributed by atoms with Crippen molar-refractivity contribution in [2.75, 3.05) is 50.0 Å². The lowest BCUT2D eigenvalue weighted by molar-refractivity contribution is 0.0395. The number of carboxylic acids is 1. The average molecular weight is 435 g/mol. The molecular weight excluding hydrogens is 408 g/mol. The van der Waals surface area contributed by atoms with Crippen molar-refractivity contribution in [3.8, 4) is 5.75 Å². The van der Waals surface area contributed by atoms with E-state index in [0.29, 0.717) is 25.5 Å². The molecule has 0 aromatic heterocycles. The number of aromatic carboxylic acids is 1. The highest BCUT2D eigenvalue weighted by molar-refractivity contribution is 7.92. The Kier molecular flexibility index (Phi) is 7.30. The third-order valence-electron chi connectivity index (χ3n) is 4.84. The van der Waals surface area contributed by atoms with Crippen LogP contribution in [0.2, 0.25) is 0 Å². The van der Waals surface area contributed by atoms with Crippen LogP contribution in [-0.4, -0.2) is 70.0 Å². The molecule has 0 unspecified atom stereocenters. The van der Waals surface area contributed by atoms with E-state index in [9.17, 15) is 18.3 Å². The summed E-state index contributed by atoms with van der Waals surface area (Å²) in [6, 6.07) is 13.7. The molecule has 1 aliphatic rings. The first kappa shape index (κ1) is 22.1. The lowest BCUT2D eigenvalue weighted by atomic mass is 10.2. The molecule has 3 rings (SSSR count). The summed E-state index contributed by atoms with van der Waals surface area (Å²) in [6.07, 6.45) is 1.11. The van der Waals surface area contributed by atoms with Crippen molar-refractivity contribution < 1.29 is 27.8 Å². The van der Waals surface area contributed by atoms with Gasteiger partial charge in [-0.2, -0.15) is 0 Å². The Balaban J connectivity index is 1.88. The SMILES string of the molecule is CS(=O)(=O)N(CCN1CCOCC1)c1cc(C(=O)O)ccc1OCc1ccccc1. The fourth-order valence-corrected chi connectivity index (χ4v) is 4.14. The highest BCUT2D eigenvalue weighted by Crippen LogP contribution is 2.32. The molecular formula is C21H26N2O6S. The maximum atomic E-state index is 12.6. The van der Waals surface area contributed by atoms with E-state index in [1.807, 2.05) is 30.3 Å². The van der Waals surface area contributed by atoms with Crippen LogP contribution in [0.3, 0.4) is 0 Å². The summed E-state index contributed by atoms with van der Waals surface area (Å²) < 4.78 is 37.6. The van der Waals surface area contributed by atoms with E-state index < -0.39 is 16.0 Å². The standard InChI is InChI=1S/C21H26N2O6S/c1-30(26,27)23(10-9-22-11-13-28-14-12-22)19-15-18(21(24)25)7-8-20(19)29-16-17-5-3-2-4-6-17/h2-8,15H,9-14,16H2,1H3,(H,24,25). The first-order chi connectivity index (χ1) is 14.3. The van der Waals surface area contributed by atoms with Gasteiger partial charge >= 0.3 is 5.97 Å². The molecule has 0 aliphatic carbocycles. The van der Waals surface area contributed by atoms with Crippen molar-refractivity contribution in [1.82, 2.24) is 4.90 Å². The van der Waals surface area contributed by atoms with Crippen molar-refractivity contribution in [3.05, 3.63) is 59.7 Å². The molecule has 0 radical (unpaired) electrons. The number of anilines is 1. The molecule has 0 saturated carbocycles. The molecule has 2 aromatic carbocycles. The number of carboxylic acid groups (broad SMARTS) is 1. The molecule has 1 saturated heterocycles. The van der Waals surface area contributed by atoms with Gasteiger partial charge in [0.1, 0.15) is 12.4 Å². The smallest absolute Gasteiger partial charge is 0.335 e. The molecule has 0 atom stereocenters. The van der Waals surface area contributed by atoms with Gasteiger partial charge in [-0.15, -0.1) is 0 Å². The minimum atomic E-state index is -3.66. The summed E-state index contributed by atoms with van der Waals surface area (Å²) >= 11 is 0. The quantitative estimate of drug-likeness (QED) is 0.645. The summed E-state index contributed by atoms with van der Waals surface area (Å²) in [5, 5.41) is 9.40. The molecule has 2 aromatic rings. The Bertz CT molecular complexity index is 959. The maximum Gasteiger partial charge on any atom is 0.335 e. The van der Waals surface area contributed by atoms with E-state index in [1.165, 1.54) is 22.5 Å². The molecule has 1 heterocycles. The summed E-state index contributed by atoms with van der Waals surface area (Å²) in [4.78, 5) is 13.6. The van der Waals surface area contributed by atoms with Gasteiger partial charge in [0.05, 0.1) is 30.7 Å². The van der Waals surface area contributed by atoms with Crippen LogP contribution in [0.15, 0.2) is 48.5 Å². The van der Waals surface area contributed by atoms with Gasteiger partial charge in [-0.25, -0.2) is 13.2 Å². The summed E-state index contributed by atoms with van der Waals surface area (Å²) in [5.74, 6) is -0.816. The normalized spacial score (nSPS) is 15.0. The Hall–Kier alpha value is -2.62. The molecule has 0 bridgehead atoms. The second kappa shape index (κ2) is 9.92. The number of carbonyl (C=O) groups is 1. The van der Waals surface area contributed by atoms with E-state index >= 15 is 0 Å². The first-order valence-electron chi connectivity index (χ1n) is 9.66. The van der Waals surface area contributed by atoms with E-state index in [4.69, 9.17) is 9.47 Å². The largest absolute Gasteiger partial charge is 0.487 e. The summed E-state index contributed by atoms with van der Waals surface area (Å²) in [5.41, 5.74) is 1.14. The van der Waals surface area contributed by atoms with E-state index in [0.717, 1.165) is 24.9 Å². The van der Waals surface area contributed by atoms with Gasteiger partial charge in [0.15, 0.2) is 0 Å². The second-order valence-corrected chi connectivity index (χ2v) is 8.96. The zero-order chi connectivity index (χ0) is 21.6. The number of ether oxygens (including phenoxy) is 2. The number of morpholine rings is 1. The van der Waals surface area contributed by atoms with E-state index in [2.05, 4.69) is 4.90 Å². The van der Waals surface area contributed by atoms with Gasteiger partial charge < -0.3 is 14.6 Å². The van der Waals surface area contributed by atoms with Crippen LogP contribution in [0.1, 0.15) is 15.9 Å². The van der Waals surface area contributed by atoms with Crippen molar-refractivity contribution >= 4 is 21.7 Å². The van der Waals surface area contributed by atoms with Crippen molar-refractivity contribution in [2.45, 2.75) is 6.61 Å². The predicted molar refractivity (Wildman–Crippen MR) is 114 cm³/mol. The molecule has 0 amide bonds. The van der Waals surface area contributed by atoms with Gasteiger partial charge in [0.2, 0.25) is 10.0 Å². The van der Waals surface area contributed by atoms with Gasteiger partial charge in [-0.05, 0) is 23.8 Å². The third kappa shape index (κ3) is 5.94. The lowest BCUT2D eigenvalue weighted by Crippen LogP contribution is -2.43. The van der Waals surface area contributed by atoms with Gasteiger partial charge in [0, 0.05) is 26.2 Å². The zero-order valence-electron chi connectivity index (χ0n) is 16.9. The number of hydrogen-bond donors (Lipinski definition) is 1. The topological polar surface area (TPSA) is 96.4 Å². The number of rotatable bonds is 9. The Labute approximate surface area is 176 Å². The highest BCUT2D eigenvalue weighted by Gasteiger charge is 2.24. The van der Waals surface area contributed by atoms with E-state index in [1.54, 1.807) is 0 Å². The summed E-state index contributed by atoms with van der Waals surface area (Å²) in [6.45, 7) is 3.60. The minimum absolute atomic E-state index is 0.00270. The Morgan fingerprint density at radius 2 is 1.87 bits per heavy atom. The number of benzene rings is 2. The van der Waals surface area contributed by atoms with Crippen molar-refractivity contribution in [3.63, 3.8) is 0 Å². The summed E-state index contributed by atoms with van der Waals surface area (Å²) in [7, 11) is -3.66. The van der Waals surface area contributed by atoms with Crippen LogP contribution >= 0.6 is 0 Å². The zero-order valence-corrected chi connectivity index (χ0v) is 17.7. The number of sulfonamides is 1. The molecule has 162 valence electrons. The molecule has 1 fully saturated rings. The molecule has 8 nitrogen and oxygen atoms in total. The molecule has 9 heteroatoms. The molecule has 1 N–H and O–H groups in total. The highest BCUT2D eigenvalue weighted by atomic mass is 32.2. The van der Waals surface area contributed by atoms with Gasteiger partial charge in [-0.3, -0.25) is 9.21 Å². The fraction of sp³-hybridized carbons (Fsp3) is 0.381. The van der Waals surface area contributed by atoms with Crippen LogP contribution in [0.25, 0.3) is 0 Å². The van der Waals surface area contributed by atoms with Crippen molar-refractivity contribution in [2.24, 2.45) is 0 Å². The second-order valence-electron chi connectivity index (χ2n) is 7.05. The van der Waals surface area contributed by atoms with Crippen LogP contribution < -0.4 is 9.04 Å². The van der Waals surface area contributed by atoms with Gasteiger partial charge in [-0.1, -0.05) is 30.3 Å². The minimum Gasteiger partial charge on any atom is -0.487 e. The van der Waals surface area contributed by atoms with Crippen LogP contribution in [0, 0.1) is 0 Å². The lowest BCUT2D eigenvalue weighted by Gasteiger charge is -2.30. The van der Waals surface area contributed by atoms with Crippen LogP contribution in [0.5, 0.6) is 5.75 Å². The fourth-order valence-electron chi connectivity index (χ4n) is 3.22. The third-order valence-corrected chi connectivity index (χ3v) is 6.02. The number of nitrogens with zero attached hydrogens (tertiary/aromatic N) is 2. The van der Waals surface area contributed by atoms with Crippen LogP contribution in [0.4, 0.5) is 5.69 Å². The predicted octanol–water partition coefficient (Wildman–Crippen LogP) is 2.06. The number of hydrogen-bond acceptors (Lipinski definition) is 6. The molecule has 30 heavy (non-hydrogen) atoms. The molecule has 0 spiro atoms. The Morgan fingerprint density at radius 1 is 1.17 bits per heavy atom. The van der Waals surface area contributed by atoms with E-state index in [-0.39, 0.29) is 24.4 Å². The van der Waals surface area contributed by atoms with Gasteiger partial charge in [0.25, 0.3) is 0 Å². The monoisotopic (exact) mass is 434 g/mol. The Morgan fingerprint density at radius 3 is 2.50 bits per heavy atom.